The SMILES string of the molecule is CO[C@@H]1[C@H]2C(C)=C[C@](O[Si](C)(C)C)(CC2(C)C)[C@H]1C(C)=O. The standard InChI is InChI=1S/C17H30O3Si/c1-11-9-17(20-21(6,7)8)10-16(3,4)13(11)15(19-5)14(17)12(2)18/h9,13-15H,10H2,1-8H3/t13-,14+,15-,17+/m1/s1. The second-order valence-electron chi connectivity index (χ2n) is 8.49. The number of rotatable bonds is 4. The average Bonchev–Trinajstić information content (AvgIpc) is 2.21. The normalized spacial score (nSPS) is 38.3. The number of hydrogen-bond acceptors (Lipinski definition) is 3. The summed E-state index contributed by atoms with van der Waals surface area (Å²) < 4.78 is 12.4. The van der Waals surface area contributed by atoms with E-state index in [1.54, 1.807) is 14.0 Å². The molecule has 4 heteroatoms. The number of ether oxygens (including phenoxy) is 1. The van der Waals surface area contributed by atoms with E-state index in [9.17, 15) is 4.79 Å². The first-order valence-corrected chi connectivity index (χ1v) is 11.3. The molecule has 0 saturated heterocycles. The summed E-state index contributed by atoms with van der Waals surface area (Å²) in [5.74, 6) is 0.295. The van der Waals surface area contributed by atoms with E-state index in [-0.39, 0.29) is 23.2 Å². The van der Waals surface area contributed by atoms with E-state index in [0.29, 0.717) is 5.92 Å². The highest BCUT2D eigenvalue weighted by Crippen LogP contribution is 2.58. The van der Waals surface area contributed by atoms with E-state index in [1.807, 2.05) is 0 Å². The van der Waals surface area contributed by atoms with Gasteiger partial charge in [-0.2, -0.15) is 0 Å². The number of carbonyl (C=O) groups excluding carboxylic acids is 1. The Labute approximate surface area is 130 Å². The number of methoxy groups -OCH3 is 1. The third-order valence-corrected chi connectivity index (χ3v) is 5.92. The third-order valence-electron chi connectivity index (χ3n) is 4.93. The minimum absolute atomic E-state index is 0.0763. The highest BCUT2D eigenvalue weighted by atomic mass is 28.4. The van der Waals surface area contributed by atoms with Gasteiger partial charge in [-0.05, 0) is 45.3 Å². The van der Waals surface area contributed by atoms with Gasteiger partial charge in [-0.1, -0.05) is 25.5 Å². The Morgan fingerprint density at radius 3 is 2.29 bits per heavy atom. The fraction of sp³-hybridized carbons (Fsp3) is 0.824. The molecule has 3 aliphatic carbocycles. The lowest BCUT2D eigenvalue weighted by molar-refractivity contribution is -0.168. The zero-order valence-electron chi connectivity index (χ0n) is 14.7. The Balaban J connectivity index is 2.60. The maximum atomic E-state index is 12.4. The van der Waals surface area contributed by atoms with Crippen LogP contribution in [0.1, 0.15) is 34.1 Å². The molecule has 3 aliphatic rings. The molecule has 0 spiro atoms. The smallest absolute Gasteiger partial charge is 0.184 e. The molecule has 0 amide bonds. The quantitative estimate of drug-likeness (QED) is 0.585. The van der Waals surface area contributed by atoms with Gasteiger partial charge in [0.05, 0.1) is 17.6 Å². The van der Waals surface area contributed by atoms with Crippen molar-refractivity contribution in [2.24, 2.45) is 17.3 Å². The zero-order valence-corrected chi connectivity index (χ0v) is 15.7. The number of fused-ring (bicyclic) bond motifs is 2. The molecule has 0 aromatic rings. The van der Waals surface area contributed by atoms with E-state index >= 15 is 0 Å². The second kappa shape index (κ2) is 5.03. The summed E-state index contributed by atoms with van der Waals surface area (Å²) in [6, 6.07) is 0. The molecule has 1 saturated carbocycles. The molecule has 120 valence electrons. The molecule has 0 aromatic heterocycles. The van der Waals surface area contributed by atoms with Gasteiger partial charge in [-0.15, -0.1) is 0 Å². The van der Waals surface area contributed by atoms with Crippen LogP contribution >= 0.6 is 0 Å². The first-order chi connectivity index (χ1) is 9.43. The van der Waals surface area contributed by atoms with Gasteiger partial charge in [0.15, 0.2) is 8.32 Å². The third kappa shape index (κ3) is 2.78. The van der Waals surface area contributed by atoms with Gasteiger partial charge in [0.25, 0.3) is 0 Å². The van der Waals surface area contributed by atoms with Crippen molar-refractivity contribution >= 4 is 14.1 Å². The summed E-state index contributed by atoms with van der Waals surface area (Å²) in [6.45, 7) is 15.0. The molecule has 3 rings (SSSR count). The summed E-state index contributed by atoms with van der Waals surface area (Å²) in [5, 5.41) is 0. The fourth-order valence-electron chi connectivity index (χ4n) is 4.89. The highest BCUT2D eigenvalue weighted by Gasteiger charge is 2.62. The van der Waals surface area contributed by atoms with E-state index in [1.165, 1.54) is 5.57 Å². The van der Waals surface area contributed by atoms with Gasteiger partial charge in [0, 0.05) is 13.0 Å². The van der Waals surface area contributed by atoms with Crippen LogP contribution in [0.25, 0.3) is 0 Å². The first-order valence-electron chi connectivity index (χ1n) is 7.86. The van der Waals surface area contributed by atoms with Crippen molar-refractivity contribution in [3.05, 3.63) is 11.6 Å². The van der Waals surface area contributed by atoms with Crippen LogP contribution in [0.3, 0.4) is 0 Å². The molecule has 0 radical (unpaired) electrons. The highest BCUT2D eigenvalue weighted by molar-refractivity contribution is 6.69. The van der Waals surface area contributed by atoms with Crippen LogP contribution < -0.4 is 0 Å². The molecular formula is C17H30O3Si. The predicted molar refractivity (Wildman–Crippen MR) is 87.8 cm³/mol. The molecule has 4 atom stereocenters. The van der Waals surface area contributed by atoms with E-state index in [4.69, 9.17) is 9.16 Å². The number of hydrogen-bond donors (Lipinski definition) is 0. The molecule has 0 N–H and O–H groups in total. The minimum atomic E-state index is -1.79. The molecule has 2 bridgehead atoms. The van der Waals surface area contributed by atoms with E-state index in [0.717, 1.165) is 6.42 Å². The van der Waals surface area contributed by atoms with Gasteiger partial charge in [-0.3, -0.25) is 4.79 Å². The van der Waals surface area contributed by atoms with Crippen molar-refractivity contribution in [1.82, 2.24) is 0 Å². The van der Waals surface area contributed by atoms with Crippen LogP contribution in [0.15, 0.2) is 11.6 Å². The molecule has 1 fully saturated rings. The molecular weight excluding hydrogens is 280 g/mol. The Morgan fingerprint density at radius 2 is 1.90 bits per heavy atom. The average molecular weight is 311 g/mol. The van der Waals surface area contributed by atoms with Gasteiger partial charge >= 0.3 is 0 Å². The second-order valence-corrected chi connectivity index (χ2v) is 12.9. The van der Waals surface area contributed by atoms with Crippen molar-refractivity contribution in [3.8, 4) is 0 Å². The number of Topliss-reactive ketones (excluding diaryl/α,β-unsaturated/α-hetero) is 1. The number of carbonyl (C=O) groups is 1. The molecule has 0 heterocycles. The lowest BCUT2D eigenvalue weighted by Gasteiger charge is -2.61. The summed E-state index contributed by atoms with van der Waals surface area (Å²) in [5.41, 5.74) is 0.915. The van der Waals surface area contributed by atoms with Crippen LogP contribution in [-0.4, -0.2) is 32.9 Å². The van der Waals surface area contributed by atoms with Gasteiger partial charge in [0.1, 0.15) is 5.78 Å². The van der Waals surface area contributed by atoms with Crippen molar-refractivity contribution < 1.29 is 14.0 Å². The maximum Gasteiger partial charge on any atom is 0.184 e. The van der Waals surface area contributed by atoms with Crippen LogP contribution in [0.5, 0.6) is 0 Å². The topological polar surface area (TPSA) is 35.5 Å². The predicted octanol–water partition coefficient (Wildman–Crippen LogP) is 3.80. The summed E-state index contributed by atoms with van der Waals surface area (Å²) in [7, 11) is -0.0588. The first kappa shape index (κ1) is 16.9. The molecule has 0 aliphatic heterocycles. The van der Waals surface area contributed by atoms with Crippen molar-refractivity contribution in [1.29, 1.82) is 0 Å². The lowest BCUT2D eigenvalue weighted by Crippen LogP contribution is -2.66. The minimum Gasteiger partial charge on any atom is -0.408 e. The Morgan fingerprint density at radius 1 is 1.33 bits per heavy atom. The van der Waals surface area contributed by atoms with E-state index < -0.39 is 13.9 Å². The summed E-state index contributed by atoms with van der Waals surface area (Å²) in [4.78, 5) is 12.4. The monoisotopic (exact) mass is 310 g/mol. The zero-order chi connectivity index (χ0) is 16.2. The Hall–Kier alpha value is -0.453. The van der Waals surface area contributed by atoms with Crippen LogP contribution in [0.4, 0.5) is 0 Å². The summed E-state index contributed by atoms with van der Waals surface area (Å²) in [6.07, 6.45) is 3.06. The van der Waals surface area contributed by atoms with Gasteiger partial charge in [-0.25, -0.2) is 0 Å². The Bertz CT molecular complexity index is 475. The van der Waals surface area contributed by atoms with Gasteiger partial charge in [0.2, 0.25) is 0 Å². The van der Waals surface area contributed by atoms with Crippen LogP contribution in [0, 0.1) is 17.3 Å². The van der Waals surface area contributed by atoms with Crippen molar-refractivity contribution in [2.45, 2.75) is 65.5 Å². The van der Waals surface area contributed by atoms with Crippen LogP contribution in [0.2, 0.25) is 19.6 Å². The largest absolute Gasteiger partial charge is 0.408 e. The molecule has 0 aromatic carbocycles. The van der Waals surface area contributed by atoms with E-state index in [2.05, 4.69) is 46.5 Å². The van der Waals surface area contributed by atoms with Crippen molar-refractivity contribution in [2.75, 3.05) is 7.11 Å². The number of ketones is 1. The molecule has 3 nitrogen and oxygen atoms in total. The summed E-state index contributed by atoms with van der Waals surface area (Å²) >= 11 is 0. The van der Waals surface area contributed by atoms with Crippen LogP contribution in [-0.2, 0) is 14.0 Å². The van der Waals surface area contributed by atoms with Crippen molar-refractivity contribution in [3.63, 3.8) is 0 Å². The fourth-order valence-corrected chi connectivity index (χ4v) is 6.28. The Kier molecular flexibility index (Phi) is 4.05. The van der Waals surface area contributed by atoms with Gasteiger partial charge < -0.3 is 9.16 Å². The molecule has 0 unspecified atom stereocenters. The molecule has 21 heavy (non-hydrogen) atoms. The lowest BCUT2D eigenvalue weighted by atomic mass is 9.50. The maximum absolute atomic E-state index is 12.4.